The van der Waals surface area contributed by atoms with Crippen LogP contribution in [0.25, 0.3) is 6.08 Å². The zero-order valence-corrected chi connectivity index (χ0v) is 17.7. The van der Waals surface area contributed by atoms with Crippen LogP contribution in [0.15, 0.2) is 20.6 Å². The highest BCUT2D eigenvalue weighted by Gasteiger charge is 2.40. The van der Waals surface area contributed by atoms with Gasteiger partial charge in [-0.05, 0) is 62.4 Å². The number of urea groups is 1. The molecule has 144 valence electrons. The first-order valence-electron chi connectivity index (χ1n) is 8.50. The number of phenolic OH excluding ortho intramolecular Hbond substituents is 1. The van der Waals surface area contributed by atoms with Gasteiger partial charge in [-0.2, -0.15) is 0 Å². The lowest BCUT2D eigenvalue weighted by atomic mass is 9.93. The molecule has 0 aromatic heterocycles. The predicted molar refractivity (Wildman–Crippen MR) is 105 cm³/mol. The van der Waals surface area contributed by atoms with Crippen molar-refractivity contribution in [2.45, 2.75) is 38.1 Å². The van der Waals surface area contributed by atoms with Crippen LogP contribution in [0.1, 0.15) is 37.7 Å². The van der Waals surface area contributed by atoms with Gasteiger partial charge in [-0.15, -0.1) is 0 Å². The van der Waals surface area contributed by atoms with E-state index in [2.05, 4.69) is 37.2 Å². The lowest BCUT2D eigenvalue weighted by molar-refractivity contribution is -0.132. The van der Waals surface area contributed by atoms with Crippen LogP contribution in [0.5, 0.6) is 11.5 Å². The highest BCUT2D eigenvalue weighted by atomic mass is 79.9. The summed E-state index contributed by atoms with van der Waals surface area (Å²) < 4.78 is 5.90. The maximum atomic E-state index is 12.9. The topological polar surface area (TPSA) is 95.9 Å². The van der Waals surface area contributed by atoms with E-state index in [0.29, 0.717) is 14.5 Å². The number of ether oxygens (including phenoxy) is 1. The molecular weight excluding hydrogens is 484 g/mol. The van der Waals surface area contributed by atoms with Crippen molar-refractivity contribution >= 4 is 55.8 Å². The normalized spacial score (nSPS) is 20.2. The molecule has 0 bridgehead atoms. The average Bonchev–Trinajstić information content (AvgIpc) is 2.65. The third kappa shape index (κ3) is 3.75. The fourth-order valence-electron chi connectivity index (χ4n) is 3.37. The number of aromatic hydroxyl groups is 1. The summed E-state index contributed by atoms with van der Waals surface area (Å²) in [6.45, 7) is 0. The Kier molecular flexibility index (Phi) is 5.90. The van der Waals surface area contributed by atoms with Crippen LogP contribution in [0, 0.1) is 0 Å². The molecule has 1 aliphatic carbocycles. The number of amides is 4. The third-order valence-electron chi connectivity index (χ3n) is 4.77. The lowest BCUT2D eigenvalue weighted by Gasteiger charge is -2.35. The van der Waals surface area contributed by atoms with Crippen molar-refractivity contribution in [1.29, 1.82) is 0 Å². The molecule has 1 saturated heterocycles. The molecule has 1 saturated carbocycles. The number of benzene rings is 1. The zero-order chi connectivity index (χ0) is 19.7. The Bertz CT molecular complexity index is 847. The fourth-order valence-corrected chi connectivity index (χ4v) is 4.21. The number of barbiturate groups is 1. The van der Waals surface area contributed by atoms with Gasteiger partial charge in [0.1, 0.15) is 5.57 Å². The second kappa shape index (κ2) is 8.02. The number of carbonyl (C=O) groups excluding carboxylic acids is 3. The molecule has 1 aliphatic heterocycles. The largest absolute Gasteiger partial charge is 0.503 e. The molecule has 1 heterocycles. The van der Waals surface area contributed by atoms with Crippen LogP contribution in [-0.4, -0.2) is 41.0 Å². The van der Waals surface area contributed by atoms with E-state index in [-0.39, 0.29) is 23.1 Å². The van der Waals surface area contributed by atoms with Crippen LogP contribution in [0.2, 0.25) is 0 Å². The number of halogens is 2. The summed E-state index contributed by atoms with van der Waals surface area (Å²) in [4.78, 5) is 38.7. The smallest absolute Gasteiger partial charge is 0.331 e. The SMILES string of the molecule is COc1cc(C=C2C(=O)NC(=O)N(C3CCCCC3)C2=O)c(Br)c(Br)c1O. The second-order valence-electron chi connectivity index (χ2n) is 6.43. The van der Waals surface area contributed by atoms with E-state index < -0.39 is 17.8 Å². The molecule has 2 aliphatic rings. The van der Waals surface area contributed by atoms with E-state index in [1.807, 2.05) is 0 Å². The molecule has 2 fully saturated rings. The van der Waals surface area contributed by atoms with Gasteiger partial charge in [-0.1, -0.05) is 19.3 Å². The van der Waals surface area contributed by atoms with Gasteiger partial charge in [-0.25, -0.2) is 4.79 Å². The summed E-state index contributed by atoms with van der Waals surface area (Å²) in [5, 5.41) is 12.3. The maximum Gasteiger partial charge on any atom is 0.331 e. The Hall–Kier alpha value is -1.87. The number of hydrogen-bond acceptors (Lipinski definition) is 5. The molecule has 7 nitrogen and oxygen atoms in total. The summed E-state index contributed by atoms with van der Waals surface area (Å²) in [7, 11) is 1.40. The fraction of sp³-hybridized carbons (Fsp3) is 0.389. The number of imide groups is 2. The molecule has 9 heteroatoms. The van der Waals surface area contributed by atoms with Gasteiger partial charge in [-0.3, -0.25) is 19.8 Å². The van der Waals surface area contributed by atoms with Crippen molar-refractivity contribution in [2.24, 2.45) is 0 Å². The summed E-state index contributed by atoms with van der Waals surface area (Å²) in [6, 6.07) is 0.629. The van der Waals surface area contributed by atoms with Crippen molar-refractivity contribution < 1.29 is 24.2 Å². The van der Waals surface area contributed by atoms with Crippen LogP contribution < -0.4 is 10.1 Å². The quantitative estimate of drug-likeness (QED) is 0.486. The summed E-state index contributed by atoms with van der Waals surface area (Å²) >= 11 is 6.58. The molecule has 27 heavy (non-hydrogen) atoms. The standard InChI is InChI=1S/C18H18Br2N2O5/c1-27-12-8-9(13(19)14(20)15(12)23)7-11-16(24)21-18(26)22(17(11)25)10-5-3-2-4-6-10/h7-8,10,23H,2-6H2,1H3,(H,21,24,26). The van der Waals surface area contributed by atoms with Crippen LogP contribution >= 0.6 is 31.9 Å². The minimum atomic E-state index is -0.743. The van der Waals surface area contributed by atoms with Gasteiger partial charge in [0.2, 0.25) is 0 Å². The molecule has 0 atom stereocenters. The number of rotatable bonds is 3. The molecule has 0 spiro atoms. The number of nitrogens with zero attached hydrogens (tertiary/aromatic N) is 1. The molecule has 1 aromatic carbocycles. The minimum absolute atomic E-state index is 0.107. The van der Waals surface area contributed by atoms with E-state index >= 15 is 0 Å². The molecule has 0 unspecified atom stereocenters. The molecular formula is C18H18Br2N2O5. The highest BCUT2D eigenvalue weighted by molar-refractivity contribution is 9.13. The molecule has 2 N–H and O–H groups in total. The Balaban J connectivity index is 2.02. The molecule has 3 rings (SSSR count). The van der Waals surface area contributed by atoms with Crippen LogP contribution in [0.4, 0.5) is 4.79 Å². The first-order valence-corrected chi connectivity index (χ1v) is 10.1. The maximum absolute atomic E-state index is 12.9. The van der Waals surface area contributed by atoms with E-state index in [0.717, 1.165) is 37.0 Å². The number of carbonyl (C=O) groups is 3. The van der Waals surface area contributed by atoms with Crippen LogP contribution in [0.3, 0.4) is 0 Å². The number of phenols is 1. The van der Waals surface area contributed by atoms with E-state index in [1.165, 1.54) is 19.3 Å². The average molecular weight is 502 g/mol. The molecule has 0 radical (unpaired) electrons. The second-order valence-corrected chi connectivity index (χ2v) is 8.01. The molecule has 1 aromatic rings. The number of methoxy groups -OCH3 is 1. The highest BCUT2D eigenvalue weighted by Crippen LogP contribution is 2.42. The summed E-state index contributed by atoms with van der Waals surface area (Å²) in [6.07, 6.45) is 5.84. The van der Waals surface area contributed by atoms with E-state index in [1.54, 1.807) is 0 Å². The predicted octanol–water partition coefficient (Wildman–Crippen LogP) is 3.72. The van der Waals surface area contributed by atoms with Gasteiger partial charge in [0, 0.05) is 10.5 Å². The Morgan fingerprint density at radius 1 is 1.19 bits per heavy atom. The van der Waals surface area contributed by atoms with Crippen LogP contribution in [-0.2, 0) is 9.59 Å². The Morgan fingerprint density at radius 2 is 1.85 bits per heavy atom. The molecule has 4 amide bonds. The monoisotopic (exact) mass is 500 g/mol. The van der Waals surface area contributed by atoms with Gasteiger partial charge < -0.3 is 9.84 Å². The first kappa shape index (κ1) is 19.9. The van der Waals surface area contributed by atoms with Gasteiger partial charge >= 0.3 is 6.03 Å². The zero-order valence-electron chi connectivity index (χ0n) is 14.6. The van der Waals surface area contributed by atoms with Crippen molar-refractivity contribution in [2.75, 3.05) is 7.11 Å². The Morgan fingerprint density at radius 3 is 2.48 bits per heavy atom. The summed E-state index contributed by atoms with van der Waals surface area (Å²) in [5.41, 5.74) is 0.313. The van der Waals surface area contributed by atoms with Crippen molar-refractivity contribution in [3.05, 3.63) is 26.1 Å². The van der Waals surface area contributed by atoms with Gasteiger partial charge in [0.05, 0.1) is 11.6 Å². The lowest BCUT2D eigenvalue weighted by Crippen LogP contribution is -2.58. The van der Waals surface area contributed by atoms with Gasteiger partial charge in [0.15, 0.2) is 11.5 Å². The minimum Gasteiger partial charge on any atom is -0.503 e. The third-order valence-corrected chi connectivity index (χ3v) is 6.93. The first-order chi connectivity index (χ1) is 12.8. The Labute approximate surface area is 173 Å². The van der Waals surface area contributed by atoms with E-state index in [4.69, 9.17) is 4.74 Å². The van der Waals surface area contributed by atoms with E-state index in [9.17, 15) is 19.5 Å². The van der Waals surface area contributed by atoms with Crippen molar-refractivity contribution in [3.8, 4) is 11.5 Å². The van der Waals surface area contributed by atoms with Crippen molar-refractivity contribution in [1.82, 2.24) is 10.2 Å². The van der Waals surface area contributed by atoms with Crippen molar-refractivity contribution in [3.63, 3.8) is 0 Å². The van der Waals surface area contributed by atoms with Gasteiger partial charge in [0.25, 0.3) is 11.8 Å². The number of nitrogens with one attached hydrogen (secondary N) is 1. The summed E-state index contributed by atoms with van der Waals surface area (Å²) in [5.74, 6) is -1.27. The number of hydrogen-bond donors (Lipinski definition) is 2.